The number of sulfonamides is 1. The summed E-state index contributed by atoms with van der Waals surface area (Å²) >= 11 is 0. The molecule has 2 aliphatic rings. The molecule has 0 aliphatic carbocycles. The third kappa shape index (κ3) is 3.32. The van der Waals surface area contributed by atoms with E-state index in [0.717, 1.165) is 31.6 Å². The van der Waals surface area contributed by atoms with E-state index in [0.29, 0.717) is 36.3 Å². The number of nitrogens with zero attached hydrogens (tertiary/aromatic N) is 4. The molecule has 1 aromatic rings. The Morgan fingerprint density at radius 3 is 2.30 bits per heavy atom. The van der Waals surface area contributed by atoms with Gasteiger partial charge in [-0.15, -0.1) is 0 Å². The molecule has 0 spiro atoms. The van der Waals surface area contributed by atoms with E-state index in [1.165, 1.54) is 12.8 Å². The van der Waals surface area contributed by atoms with E-state index in [2.05, 4.69) is 16.9 Å². The molecule has 6 nitrogen and oxygen atoms in total. The first-order valence-corrected chi connectivity index (χ1v) is 10.1. The van der Waals surface area contributed by atoms with Crippen molar-refractivity contribution in [1.82, 2.24) is 19.0 Å². The fourth-order valence-corrected chi connectivity index (χ4v) is 5.50. The molecule has 0 N–H and O–H groups in total. The normalized spacial score (nSPS) is 22.0. The van der Waals surface area contributed by atoms with E-state index >= 15 is 0 Å². The van der Waals surface area contributed by atoms with E-state index in [9.17, 15) is 8.42 Å². The van der Waals surface area contributed by atoms with Crippen LogP contribution in [0.5, 0.6) is 0 Å². The Morgan fingerprint density at radius 2 is 1.70 bits per heavy atom. The van der Waals surface area contributed by atoms with Gasteiger partial charge in [0.2, 0.25) is 10.0 Å². The second kappa shape index (κ2) is 6.53. The first-order chi connectivity index (χ1) is 10.9. The van der Waals surface area contributed by atoms with Gasteiger partial charge < -0.3 is 0 Å². The van der Waals surface area contributed by atoms with Crippen molar-refractivity contribution in [1.29, 1.82) is 0 Å². The van der Waals surface area contributed by atoms with Crippen molar-refractivity contribution in [3.63, 3.8) is 0 Å². The molecule has 0 unspecified atom stereocenters. The van der Waals surface area contributed by atoms with Crippen LogP contribution < -0.4 is 0 Å². The van der Waals surface area contributed by atoms with Crippen LogP contribution in [0.25, 0.3) is 0 Å². The van der Waals surface area contributed by atoms with Crippen LogP contribution in [0.4, 0.5) is 0 Å². The number of hydrogen-bond donors (Lipinski definition) is 0. The Bertz CT molecular complexity index is 654. The van der Waals surface area contributed by atoms with Crippen molar-refractivity contribution in [3.8, 4) is 0 Å². The summed E-state index contributed by atoms with van der Waals surface area (Å²) in [6.07, 6.45) is 4.32. The first-order valence-electron chi connectivity index (χ1n) is 8.66. The lowest BCUT2D eigenvalue weighted by atomic mass is 10.0. The summed E-state index contributed by atoms with van der Waals surface area (Å²) in [4.78, 5) is 2.75. The molecule has 0 bridgehead atoms. The van der Waals surface area contributed by atoms with E-state index in [1.54, 1.807) is 4.31 Å². The molecule has 3 heterocycles. The fraction of sp³-hybridized carbons (Fsp3) is 0.812. The van der Waals surface area contributed by atoms with E-state index in [1.807, 2.05) is 18.5 Å². The topological polar surface area (TPSA) is 58.4 Å². The smallest absolute Gasteiger partial charge is 0.246 e. The number of aryl methyl sites for hydroxylation is 1. The molecule has 23 heavy (non-hydrogen) atoms. The maximum Gasteiger partial charge on any atom is 0.246 e. The minimum Gasteiger partial charge on any atom is -0.284 e. The molecule has 0 amide bonds. The Balaban J connectivity index is 1.85. The Labute approximate surface area is 139 Å². The molecular weight excluding hydrogens is 312 g/mol. The van der Waals surface area contributed by atoms with Crippen LogP contribution in [0, 0.1) is 19.8 Å². The summed E-state index contributed by atoms with van der Waals surface area (Å²) in [5.41, 5.74) is 1.40. The third-order valence-corrected chi connectivity index (χ3v) is 7.34. The van der Waals surface area contributed by atoms with Crippen molar-refractivity contribution in [2.75, 3.05) is 26.2 Å². The molecule has 2 fully saturated rings. The van der Waals surface area contributed by atoms with Crippen LogP contribution in [0.15, 0.2) is 4.90 Å². The molecule has 0 aromatic carbocycles. The molecule has 0 saturated carbocycles. The van der Waals surface area contributed by atoms with E-state index in [-0.39, 0.29) is 0 Å². The monoisotopic (exact) mass is 340 g/mol. The number of likely N-dealkylation sites (tertiary alicyclic amines) is 1. The standard InChI is InChI=1S/C16H28N4O2S/c1-13-6-10-19(11-7-13)23(21,22)16-14(2)17-20(15(16)3)12-18-8-4-5-9-18/h13H,4-12H2,1-3H3. The predicted octanol–water partition coefficient (Wildman–Crippen LogP) is 1.97. The summed E-state index contributed by atoms with van der Waals surface area (Å²) < 4.78 is 29.6. The molecule has 1 aromatic heterocycles. The molecular formula is C16H28N4O2S. The van der Waals surface area contributed by atoms with Gasteiger partial charge in [-0.1, -0.05) is 6.92 Å². The molecule has 7 heteroatoms. The summed E-state index contributed by atoms with van der Waals surface area (Å²) in [5, 5.41) is 4.52. The van der Waals surface area contributed by atoms with Gasteiger partial charge in [-0.05, 0) is 58.5 Å². The van der Waals surface area contributed by atoms with Gasteiger partial charge in [-0.25, -0.2) is 8.42 Å². The van der Waals surface area contributed by atoms with Gasteiger partial charge in [0.1, 0.15) is 4.90 Å². The highest BCUT2D eigenvalue weighted by Crippen LogP contribution is 2.27. The molecule has 2 aliphatic heterocycles. The van der Waals surface area contributed by atoms with Crippen molar-refractivity contribution in [2.24, 2.45) is 5.92 Å². The van der Waals surface area contributed by atoms with Crippen LogP contribution in [0.3, 0.4) is 0 Å². The highest BCUT2D eigenvalue weighted by Gasteiger charge is 2.33. The lowest BCUT2D eigenvalue weighted by molar-refractivity contribution is 0.252. The molecule has 2 saturated heterocycles. The molecule has 0 radical (unpaired) electrons. The predicted molar refractivity (Wildman–Crippen MR) is 89.7 cm³/mol. The van der Waals surface area contributed by atoms with Crippen molar-refractivity contribution < 1.29 is 8.42 Å². The summed E-state index contributed by atoms with van der Waals surface area (Å²) in [7, 11) is -3.43. The largest absolute Gasteiger partial charge is 0.284 e. The second-order valence-corrected chi connectivity index (χ2v) is 8.93. The maximum atomic E-state index is 13.0. The zero-order valence-electron chi connectivity index (χ0n) is 14.5. The van der Waals surface area contributed by atoms with Crippen LogP contribution in [0.2, 0.25) is 0 Å². The number of rotatable bonds is 4. The van der Waals surface area contributed by atoms with Gasteiger partial charge in [0.15, 0.2) is 0 Å². The van der Waals surface area contributed by atoms with Gasteiger partial charge in [0.25, 0.3) is 0 Å². The SMILES string of the molecule is Cc1nn(CN2CCCC2)c(C)c1S(=O)(=O)N1CCC(C)CC1. The minimum absolute atomic E-state index is 0.422. The average molecular weight is 340 g/mol. The van der Waals surface area contributed by atoms with Crippen LogP contribution >= 0.6 is 0 Å². The second-order valence-electron chi connectivity index (χ2n) is 7.05. The van der Waals surface area contributed by atoms with Gasteiger partial charge in [0.05, 0.1) is 18.1 Å². The lowest BCUT2D eigenvalue weighted by Gasteiger charge is -2.29. The summed E-state index contributed by atoms with van der Waals surface area (Å²) in [6, 6.07) is 0. The van der Waals surface area contributed by atoms with Gasteiger partial charge in [-0.2, -0.15) is 9.40 Å². The minimum atomic E-state index is -3.43. The Morgan fingerprint density at radius 1 is 1.09 bits per heavy atom. The molecule has 0 atom stereocenters. The van der Waals surface area contributed by atoms with Crippen LogP contribution in [0.1, 0.15) is 44.0 Å². The van der Waals surface area contributed by atoms with Gasteiger partial charge in [-0.3, -0.25) is 9.58 Å². The number of hydrogen-bond acceptors (Lipinski definition) is 4. The van der Waals surface area contributed by atoms with Crippen molar-refractivity contribution >= 4 is 10.0 Å². The fourth-order valence-electron chi connectivity index (χ4n) is 3.66. The summed E-state index contributed by atoms with van der Waals surface area (Å²) in [5.74, 6) is 0.613. The number of piperidine rings is 1. The number of aromatic nitrogens is 2. The Kier molecular flexibility index (Phi) is 4.80. The summed E-state index contributed by atoms with van der Waals surface area (Å²) in [6.45, 7) is 9.98. The highest BCUT2D eigenvalue weighted by atomic mass is 32.2. The zero-order valence-corrected chi connectivity index (χ0v) is 15.3. The average Bonchev–Trinajstić information content (AvgIpc) is 3.09. The molecule has 130 valence electrons. The van der Waals surface area contributed by atoms with Crippen molar-refractivity contribution in [2.45, 2.75) is 58.0 Å². The first kappa shape index (κ1) is 16.9. The quantitative estimate of drug-likeness (QED) is 0.841. The van der Waals surface area contributed by atoms with E-state index < -0.39 is 10.0 Å². The Hall–Kier alpha value is -0.920. The maximum absolute atomic E-state index is 13.0. The lowest BCUT2D eigenvalue weighted by Crippen LogP contribution is -2.38. The van der Waals surface area contributed by atoms with Gasteiger partial charge >= 0.3 is 0 Å². The zero-order chi connectivity index (χ0) is 16.6. The van der Waals surface area contributed by atoms with Gasteiger partial charge in [0, 0.05) is 13.1 Å². The highest BCUT2D eigenvalue weighted by molar-refractivity contribution is 7.89. The van der Waals surface area contributed by atoms with E-state index in [4.69, 9.17) is 0 Å². The van der Waals surface area contributed by atoms with Crippen molar-refractivity contribution in [3.05, 3.63) is 11.4 Å². The molecule has 3 rings (SSSR count). The van der Waals surface area contributed by atoms with Crippen LogP contribution in [-0.4, -0.2) is 53.6 Å². The third-order valence-electron chi connectivity index (χ3n) is 5.19. The van der Waals surface area contributed by atoms with Crippen LogP contribution in [-0.2, 0) is 16.7 Å².